The van der Waals surface area contributed by atoms with Gasteiger partial charge in [0.2, 0.25) is 0 Å². The smallest absolute Gasteiger partial charge is 0.309 e. The summed E-state index contributed by atoms with van der Waals surface area (Å²) in [6.07, 6.45) is -6.84. The van der Waals surface area contributed by atoms with Crippen LogP contribution in [0, 0.1) is 0 Å². The molecule has 0 unspecified atom stereocenters. The number of Topliss-reactive ketones (excluding diaryl/α,β-unsaturated/α-hetero) is 1. The third kappa shape index (κ3) is 18.8. The number of aliphatic hydroxyl groups excluding tert-OH is 5. The van der Waals surface area contributed by atoms with Crippen molar-refractivity contribution < 1.29 is 39.9 Å². The van der Waals surface area contributed by atoms with Crippen molar-refractivity contribution in [1.82, 2.24) is 0 Å². The number of ketones is 1. The lowest BCUT2D eigenvalue weighted by molar-refractivity contribution is -0.136. The van der Waals surface area contributed by atoms with Crippen LogP contribution in [0.15, 0.2) is 0 Å². The number of hydrogen-bond donors (Lipinski definition) is 7. The standard InChI is InChI=1S/C6H12O6.C3H6O.CH4N2O/c7-1-3(9)5(11)6(12)4(10)2-8;1-3(2)4;2-1(3)4/h1,3-6,8-12H,2H2;1-2H3;(H4,2,3,4)/t3-,4+,5+,6+;;/m0../s1. The molecule has 0 fully saturated rings. The fourth-order valence-corrected chi connectivity index (χ4v) is 0.618. The van der Waals surface area contributed by atoms with Crippen molar-refractivity contribution in [2.75, 3.05) is 6.61 Å². The Hall–Kier alpha value is -1.59. The Morgan fingerprint density at radius 2 is 1.35 bits per heavy atom. The molecule has 0 saturated carbocycles. The number of aldehydes is 1. The van der Waals surface area contributed by atoms with Crippen LogP contribution in [0.25, 0.3) is 0 Å². The van der Waals surface area contributed by atoms with Gasteiger partial charge in [-0.3, -0.25) is 0 Å². The van der Waals surface area contributed by atoms with Crippen molar-refractivity contribution in [2.24, 2.45) is 11.5 Å². The van der Waals surface area contributed by atoms with Crippen molar-refractivity contribution >= 4 is 18.1 Å². The van der Waals surface area contributed by atoms with Gasteiger partial charge in [0, 0.05) is 0 Å². The first-order valence-corrected chi connectivity index (χ1v) is 5.31. The molecule has 0 aromatic heterocycles. The minimum atomic E-state index is -1.79. The normalized spacial score (nSPS) is 15.2. The van der Waals surface area contributed by atoms with Crippen LogP contribution in [0.5, 0.6) is 0 Å². The number of urea groups is 1. The monoisotopic (exact) mass is 298 g/mol. The topological polar surface area (TPSA) is 204 Å². The van der Waals surface area contributed by atoms with Crippen molar-refractivity contribution in [3.05, 3.63) is 0 Å². The quantitative estimate of drug-likeness (QED) is 0.250. The van der Waals surface area contributed by atoms with E-state index in [1.807, 2.05) is 0 Å². The third-order valence-corrected chi connectivity index (χ3v) is 1.42. The minimum Gasteiger partial charge on any atom is -0.394 e. The second kappa shape index (κ2) is 13.8. The second-order valence-electron chi connectivity index (χ2n) is 3.67. The van der Waals surface area contributed by atoms with Crippen LogP contribution in [0.1, 0.15) is 13.8 Å². The van der Waals surface area contributed by atoms with Crippen molar-refractivity contribution in [3.63, 3.8) is 0 Å². The first-order valence-electron chi connectivity index (χ1n) is 5.31. The van der Waals surface area contributed by atoms with Gasteiger partial charge >= 0.3 is 6.03 Å². The van der Waals surface area contributed by atoms with Crippen LogP contribution in [0.3, 0.4) is 0 Å². The van der Waals surface area contributed by atoms with E-state index >= 15 is 0 Å². The number of amides is 2. The summed E-state index contributed by atoms with van der Waals surface area (Å²) < 4.78 is 0. The van der Waals surface area contributed by atoms with Crippen LogP contribution in [-0.4, -0.2) is 74.7 Å². The van der Waals surface area contributed by atoms with Crippen LogP contribution < -0.4 is 11.5 Å². The van der Waals surface area contributed by atoms with E-state index in [0.717, 1.165) is 0 Å². The van der Waals surface area contributed by atoms with Gasteiger partial charge in [-0.2, -0.15) is 0 Å². The second-order valence-corrected chi connectivity index (χ2v) is 3.67. The summed E-state index contributed by atoms with van der Waals surface area (Å²) >= 11 is 0. The molecular formula is C10H22N2O8. The van der Waals surface area contributed by atoms with E-state index in [9.17, 15) is 9.59 Å². The molecule has 0 aliphatic carbocycles. The van der Waals surface area contributed by atoms with E-state index in [-0.39, 0.29) is 12.1 Å². The molecule has 10 nitrogen and oxygen atoms in total. The molecule has 120 valence electrons. The Morgan fingerprint density at radius 1 is 1.05 bits per heavy atom. The molecule has 0 aromatic carbocycles. The summed E-state index contributed by atoms with van der Waals surface area (Å²) in [6, 6.07) is -0.833. The maximum atomic E-state index is 9.90. The van der Waals surface area contributed by atoms with Crippen molar-refractivity contribution in [3.8, 4) is 0 Å². The molecule has 9 N–H and O–H groups in total. The van der Waals surface area contributed by atoms with E-state index in [2.05, 4.69) is 11.5 Å². The number of aliphatic hydroxyl groups is 5. The van der Waals surface area contributed by atoms with E-state index in [1.54, 1.807) is 0 Å². The largest absolute Gasteiger partial charge is 0.394 e. The summed E-state index contributed by atoms with van der Waals surface area (Å²) in [5, 5.41) is 43.5. The van der Waals surface area contributed by atoms with Gasteiger partial charge in [0.15, 0.2) is 6.29 Å². The molecule has 0 aliphatic rings. The Morgan fingerprint density at radius 3 is 1.55 bits per heavy atom. The fourth-order valence-electron chi connectivity index (χ4n) is 0.618. The van der Waals surface area contributed by atoms with E-state index in [1.165, 1.54) is 13.8 Å². The maximum Gasteiger partial charge on any atom is 0.309 e. The van der Waals surface area contributed by atoms with Gasteiger partial charge in [0.1, 0.15) is 30.2 Å². The van der Waals surface area contributed by atoms with Gasteiger partial charge in [0.05, 0.1) is 6.61 Å². The zero-order chi connectivity index (χ0) is 16.9. The van der Waals surface area contributed by atoms with Crippen LogP contribution >= 0.6 is 0 Å². The zero-order valence-corrected chi connectivity index (χ0v) is 11.2. The summed E-state index contributed by atoms with van der Waals surface area (Å²) in [5.74, 6) is 0.167. The number of carbonyl (C=O) groups is 3. The molecule has 20 heavy (non-hydrogen) atoms. The van der Waals surface area contributed by atoms with E-state index < -0.39 is 37.1 Å². The summed E-state index contributed by atoms with van der Waals surface area (Å²) in [7, 11) is 0. The highest BCUT2D eigenvalue weighted by atomic mass is 16.4. The number of hydrogen-bond acceptors (Lipinski definition) is 8. The lowest BCUT2D eigenvalue weighted by Crippen LogP contribution is -2.46. The van der Waals surface area contributed by atoms with Gasteiger partial charge in [-0.15, -0.1) is 0 Å². The van der Waals surface area contributed by atoms with Gasteiger partial charge in [-0.25, -0.2) is 4.79 Å². The van der Waals surface area contributed by atoms with Crippen molar-refractivity contribution in [2.45, 2.75) is 38.3 Å². The lowest BCUT2D eigenvalue weighted by Gasteiger charge is -2.22. The number of carbonyl (C=O) groups excluding carboxylic acids is 3. The van der Waals surface area contributed by atoms with Crippen LogP contribution in [0.4, 0.5) is 4.79 Å². The zero-order valence-electron chi connectivity index (χ0n) is 11.2. The molecular weight excluding hydrogens is 276 g/mol. The summed E-state index contributed by atoms with van der Waals surface area (Å²) in [5.41, 5.74) is 8.50. The summed E-state index contributed by atoms with van der Waals surface area (Å²) in [6.45, 7) is 2.30. The highest BCUT2D eigenvalue weighted by molar-refractivity contribution is 5.72. The molecule has 10 heteroatoms. The summed E-state index contributed by atoms with van der Waals surface area (Å²) in [4.78, 5) is 28.3. The predicted octanol–water partition coefficient (Wildman–Crippen LogP) is -3.76. The molecule has 0 radical (unpaired) electrons. The molecule has 0 bridgehead atoms. The SMILES string of the molecule is CC(C)=O.NC(N)=O.O=C[C@H](O)[C@@H](O)[C@H](O)[C@H](O)CO. The van der Waals surface area contributed by atoms with Gasteiger partial charge in [-0.1, -0.05) is 0 Å². The predicted molar refractivity (Wildman–Crippen MR) is 67.3 cm³/mol. The average molecular weight is 298 g/mol. The molecule has 0 aliphatic heterocycles. The minimum absolute atomic E-state index is 0.0258. The fraction of sp³-hybridized carbons (Fsp3) is 0.700. The van der Waals surface area contributed by atoms with Gasteiger partial charge in [0.25, 0.3) is 0 Å². The highest BCUT2D eigenvalue weighted by Gasteiger charge is 2.29. The Kier molecular flexibility index (Phi) is 16.3. The van der Waals surface area contributed by atoms with Crippen LogP contribution in [-0.2, 0) is 9.59 Å². The molecule has 0 rings (SSSR count). The number of primary amides is 2. The molecule has 2 amide bonds. The average Bonchev–Trinajstić information content (AvgIpc) is 2.33. The van der Waals surface area contributed by atoms with E-state index in [0.29, 0.717) is 0 Å². The van der Waals surface area contributed by atoms with Gasteiger partial charge < -0.3 is 46.6 Å². The highest BCUT2D eigenvalue weighted by Crippen LogP contribution is 2.02. The number of nitrogens with two attached hydrogens (primary N) is 2. The Bertz CT molecular complexity index is 266. The molecule has 0 aromatic rings. The van der Waals surface area contributed by atoms with E-state index in [4.69, 9.17) is 30.3 Å². The third-order valence-electron chi connectivity index (χ3n) is 1.42. The Balaban J connectivity index is -0.000000297. The first kappa shape index (κ1) is 23.5. The molecule has 0 heterocycles. The van der Waals surface area contributed by atoms with Crippen molar-refractivity contribution in [1.29, 1.82) is 0 Å². The Labute approximate surface area is 115 Å². The first-order chi connectivity index (χ1) is 9.00. The lowest BCUT2D eigenvalue weighted by atomic mass is 10.0. The molecule has 0 spiro atoms. The van der Waals surface area contributed by atoms with Crippen LogP contribution in [0.2, 0.25) is 0 Å². The van der Waals surface area contributed by atoms with Gasteiger partial charge in [-0.05, 0) is 13.8 Å². The maximum absolute atomic E-state index is 9.90. The number of rotatable bonds is 5. The molecule has 0 saturated heterocycles. The molecule has 4 atom stereocenters.